The van der Waals surface area contributed by atoms with E-state index in [0.717, 1.165) is 6.42 Å². The normalized spacial score (nSPS) is 11.8. The number of hydrogen-bond acceptors (Lipinski definition) is 4. The maximum atomic E-state index is 13.1. The van der Waals surface area contributed by atoms with Crippen molar-refractivity contribution in [3.05, 3.63) is 18.3 Å². The molecule has 0 fully saturated rings. The van der Waals surface area contributed by atoms with E-state index < -0.39 is 5.60 Å². The van der Waals surface area contributed by atoms with Gasteiger partial charge in [-0.2, -0.15) is 0 Å². The fraction of sp³-hybridized carbons (Fsp3) is 0.700. The highest BCUT2D eigenvalue weighted by Crippen LogP contribution is 2.30. The van der Waals surface area contributed by atoms with Crippen LogP contribution in [0.5, 0.6) is 5.88 Å². The highest BCUT2D eigenvalue weighted by atomic mass is 16.5. The predicted molar refractivity (Wildman–Crippen MR) is 102 cm³/mol. The summed E-state index contributed by atoms with van der Waals surface area (Å²) in [7, 11) is 0. The minimum Gasteiger partial charge on any atom is -0.478 e. The van der Waals surface area contributed by atoms with Crippen LogP contribution < -0.4 is 10.1 Å². The number of amides is 1. The van der Waals surface area contributed by atoms with Crippen molar-refractivity contribution in [2.45, 2.75) is 66.4 Å². The molecule has 0 aromatic carbocycles. The molecule has 1 amide bonds. The molecule has 0 aliphatic heterocycles. The molecular formula is C20H34N2O3. The van der Waals surface area contributed by atoms with E-state index in [1.165, 1.54) is 0 Å². The Kier molecular flexibility index (Phi) is 8.90. The van der Waals surface area contributed by atoms with Crippen molar-refractivity contribution in [2.75, 3.05) is 18.5 Å². The number of hydrogen-bond donors (Lipinski definition) is 1. The lowest BCUT2D eigenvalue weighted by Gasteiger charge is -2.35. The molecule has 0 radical (unpaired) electrons. The Bertz CT molecular complexity index is 502. The number of carbonyl (C=O) groups excluding carboxylic acids is 1. The van der Waals surface area contributed by atoms with Gasteiger partial charge in [0.1, 0.15) is 5.60 Å². The Morgan fingerprint density at radius 1 is 1.16 bits per heavy atom. The van der Waals surface area contributed by atoms with Gasteiger partial charge in [-0.15, -0.1) is 0 Å². The average molecular weight is 351 g/mol. The van der Waals surface area contributed by atoms with E-state index in [4.69, 9.17) is 9.47 Å². The fourth-order valence-corrected chi connectivity index (χ4v) is 3.04. The molecule has 1 N–H and O–H groups in total. The molecule has 1 aromatic rings. The van der Waals surface area contributed by atoms with Crippen LogP contribution in [0.3, 0.4) is 0 Å². The highest BCUT2D eigenvalue weighted by Gasteiger charge is 2.40. The predicted octanol–water partition coefficient (Wildman–Crippen LogP) is 4.68. The molecule has 0 aliphatic rings. The molecule has 1 heterocycles. The van der Waals surface area contributed by atoms with Gasteiger partial charge in [-0.05, 0) is 44.1 Å². The number of pyridine rings is 1. The number of aromatic nitrogens is 1. The van der Waals surface area contributed by atoms with Crippen LogP contribution in [0, 0.1) is 11.8 Å². The number of ether oxygens (including phenoxy) is 2. The van der Waals surface area contributed by atoms with E-state index in [2.05, 4.69) is 38.0 Å². The van der Waals surface area contributed by atoms with Crippen molar-refractivity contribution < 1.29 is 14.3 Å². The van der Waals surface area contributed by atoms with Gasteiger partial charge in [0.05, 0.1) is 18.5 Å². The third-order valence-corrected chi connectivity index (χ3v) is 3.76. The Morgan fingerprint density at radius 3 is 2.24 bits per heavy atom. The maximum absolute atomic E-state index is 13.1. The quantitative estimate of drug-likeness (QED) is 0.629. The summed E-state index contributed by atoms with van der Waals surface area (Å²) in [5.74, 6) is 1.19. The summed E-state index contributed by atoms with van der Waals surface area (Å²) in [6, 6.07) is 3.59. The van der Waals surface area contributed by atoms with Gasteiger partial charge in [0.2, 0.25) is 5.88 Å². The zero-order valence-electron chi connectivity index (χ0n) is 16.6. The lowest BCUT2D eigenvalue weighted by Crippen LogP contribution is -2.47. The zero-order valence-corrected chi connectivity index (χ0v) is 16.6. The van der Waals surface area contributed by atoms with E-state index in [1.807, 2.05) is 19.9 Å². The Hall–Kier alpha value is -1.62. The van der Waals surface area contributed by atoms with Crippen LogP contribution in [0.1, 0.15) is 60.8 Å². The molecule has 5 heteroatoms. The first-order chi connectivity index (χ1) is 11.8. The Labute approximate surface area is 152 Å². The Balaban J connectivity index is 2.92. The molecule has 5 nitrogen and oxygen atoms in total. The van der Waals surface area contributed by atoms with Crippen LogP contribution >= 0.6 is 0 Å². The van der Waals surface area contributed by atoms with Crippen LogP contribution in [-0.4, -0.2) is 29.7 Å². The molecule has 0 atom stereocenters. The van der Waals surface area contributed by atoms with Crippen LogP contribution in [0.2, 0.25) is 0 Å². The van der Waals surface area contributed by atoms with Crippen LogP contribution in [0.15, 0.2) is 18.3 Å². The summed E-state index contributed by atoms with van der Waals surface area (Å²) in [4.78, 5) is 17.3. The lowest BCUT2D eigenvalue weighted by molar-refractivity contribution is -0.146. The summed E-state index contributed by atoms with van der Waals surface area (Å²) in [6.45, 7) is 13.6. The van der Waals surface area contributed by atoms with Crippen LogP contribution in [0.4, 0.5) is 5.69 Å². The van der Waals surface area contributed by atoms with Crippen LogP contribution in [0.25, 0.3) is 0 Å². The van der Waals surface area contributed by atoms with Crippen molar-refractivity contribution in [3.8, 4) is 5.88 Å². The molecule has 0 bridgehead atoms. The molecule has 142 valence electrons. The summed E-state index contributed by atoms with van der Waals surface area (Å²) < 4.78 is 11.5. The zero-order chi connectivity index (χ0) is 18.9. The smallest absolute Gasteiger partial charge is 0.256 e. The highest BCUT2D eigenvalue weighted by molar-refractivity contribution is 5.97. The molecular weight excluding hydrogens is 316 g/mol. The van der Waals surface area contributed by atoms with E-state index >= 15 is 0 Å². The van der Waals surface area contributed by atoms with Crippen molar-refractivity contribution in [1.82, 2.24) is 4.98 Å². The largest absolute Gasteiger partial charge is 0.478 e. The van der Waals surface area contributed by atoms with Crippen molar-refractivity contribution in [2.24, 2.45) is 11.8 Å². The standard InChI is InChI=1S/C20H34N2O3/c1-7-11-24-18-10-9-17(14-21-18)22-19(23)20(25-8-2,12-15(3)4)13-16(5)6/h9-10,14-16H,7-8,11-13H2,1-6H3,(H,22,23). The van der Waals surface area contributed by atoms with Crippen LogP contribution in [-0.2, 0) is 9.53 Å². The van der Waals surface area contributed by atoms with Gasteiger partial charge in [-0.25, -0.2) is 4.98 Å². The molecule has 0 unspecified atom stereocenters. The van der Waals surface area contributed by atoms with E-state index in [-0.39, 0.29) is 5.91 Å². The molecule has 0 spiro atoms. The second-order valence-electron chi connectivity index (χ2n) is 7.31. The van der Waals surface area contributed by atoms with Gasteiger partial charge in [-0.3, -0.25) is 4.79 Å². The SMILES string of the molecule is CCCOc1ccc(NC(=O)C(CC(C)C)(CC(C)C)OCC)cn1. The van der Waals surface area contributed by atoms with Gasteiger partial charge in [-0.1, -0.05) is 34.6 Å². The number of rotatable bonds is 11. The molecule has 1 rings (SSSR count). The summed E-state index contributed by atoms with van der Waals surface area (Å²) >= 11 is 0. The number of nitrogens with one attached hydrogen (secondary N) is 1. The first-order valence-corrected chi connectivity index (χ1v) is 9.37. The fourth-order valence-electron chi connectivity index (χ4n) is 3.04. The minimum atomic E-state index is -0.811. The average Bonchev–Trinajstić information content (AvgIpc) is 2.53. The summed E-state index contributed by atoms with van der Waals surface area (Å²) in [6.07, 6.45) is 3.94. The van der Waals surface area contributed by atoms with Gasteiger partial charge in [0, 0.05) is 12.7 Å². The van der Waals surface area contributed by atoms with E-state index in [0.29, 0.717) is 49.5 Å². The Morgan fingerprint density at radius 2 is 1.80 bits per heavy atom. The second-order valence-corrected chi connectivity index (χ2v) is 7.31. The van der Waals surface area contributed by atoms with Gasteiger partial charge in [0.15, 0.2) is 0 Å². The van der Waals surface area contributed by atoms with E-state index in [9.17, 15) is 4.79 Å². The third kappa shape index (κ3) is 7.02. The lowest BCUT2D eigenvalue weighted by atomic mass is 9.83. The minimum absolute atomic E-state index is 0.0965. The first-order valence-electron chi connectivity index (χ1n) is 9.37. The van der Waals surface area contributed by atoms with Crippen molar-refractivity contribution in [3.63, 3.8) is 0 Å². The van der Waals surface area contributed by atoms with E-state index in [1.54, 1.807) is 12.3 Å². The summed E-state index contributed by atoms with van der Waals surface area (Å²) in [5.41, 5.74) is -0.153. The molecule has 25 heavy (non-hydrogen) atoms. The topological polar surface area (TPSA) is 60.5 Å². The van der Waals surface area contributed by atoms with Gasteiger partial charge in [0.25, 0.3) is 5.91 Å². The summed E-state index contributed by atoms with van der Waals surface area (Å²) in [5, 5.41) is 2.98. The second kappa shape index (κ2) is 10.4. The molecule has 1 aromatic heterocycles. The van der Waals surface area contributed by atoms with Crippen molar-refractivity contribution in [1.29, 1.82) is 0 Å². The third-order valence-electron chi connectivity index (χ3n) is 3.76. The number of nitrogens with zero attached hydrogens (tertiary/aromatic N) is 1. The molecule has 0 saturated heterocycles. The molecule has 0 aliphatic carbocycles. The number of anilines is 1. The van der Waals surface area contributed by atoms with Gasteiger partial charge >= 0.3 is 0 Å². The van der Waals surface area contributed by atoms with Gasteiger partial charge < -0.3 is 14.8 Å². The maximum Gasteiger partial charge on any atom is 0.256 e. The first kappa shape index (κ1) is 21.4. The molecule has 0 saturated carbocycles. The monoisotopic (exact) mass is 350 g/mol. The number of carbonyl (C=O) groups is 1. The van der Waals surface area contributed by atoms with Crippen molar-refractivity contribution >= 4 is 11.6 Å².